The molecule has 0 fully saturated rings. The van der Waals surface area contributed by atoms with Crippen LogP contribution in [0.25, 0.3) is 6.08 Å². The number of benzene rings is 2. The van der Waals surface area contributed by atoms with E-state index in [0.29, 0.717) is 30.0 Å². The second kappa shape index (κ2) is 12.0. The second-order valence-electron chi connectivity index (χ2n) is 8.99. The van der Waals surface area contributed by atoms with E-state index in [9.17, 15) is 87.8 Å². The lowest BCUT2D eigenvalue weighted by molar-refractivity contribution is -0.458. The van der Waals surface area contributed by atoms with E-state index in [2.05, 4.69) is 4.18 Å². The summed E-state index contributed by atoms with van der Waals surface area (Å²) in [5.41, 5.74) is 0.00729. The van der Waals surface area contributed by atoms with Gasteiger partial charge in [-0.05, 0) is 48.0 Å². The molecule has 47 heavy (non-hydrogen) atoms. The molecule has 0 saturated carbocycles. The maximum absolute atomic E-state index is 14.2. The molecule has 0 heterocycles. The van der Waals surface area contributed by atoms with Crippen molar-refractivity contribution >= 4 is 22.0 Å². The minimum atomic E-state index is -8.95. The molecule has 0 aliphatic rings. The first-order chi connectivity index (χ1) is 20.9. The van der Waals surface area contributed by atoms with Gasteiger partial charge in [0.2, 0.25) is 0 Å². The minimum absolute atomic E-state index is 0.0984. The number of rotatable bonds is 13. The van der Waals surface area contributed by atoms with Crippen molar-refractivity contribution in [3.8, 4) is 11.5 Å². The number of allylic oxidation sites excluding steroid dienone is 1. The molecule has 2 aromatic rings. The molecule has 0 aliphatic carbocycles. The molecular formula is C24H13F17O5S. The van der Waals surface area contributed by atoms with E-state index in [1.807, 2.05) is 0 Å². The minimum Gasteiger partial charge on any atom is -0.497 e. The van der Waals surface area contributed by atoms with Crippen LogP contribution in [0.2, 0.25) is 0 Å². The van der Waals surface area contributed by atoms with E-state index in [1.165, 1.54) is 31.4 Å². The van der Waals surface area contributed by atoms with Crippen molar-refractivity contribution in [1.29, 1.82) is 0 Å². The molecule has 0 unspecified atom stereocenters. The zero-order chi connectivity index (χ0) is 36.9. The van der Waals surface area contributed by atoms with Gasteiger partial charge in [-0.15, -0.1) is 0 Å². The van der Waals surface area contributed by atoms with Crippen LogP contribution in [0.15, 0.2) is 54.6 Å². The van der Waals surface area contributed by atoms with Crippen molar-refractivity contribution in [3.63, 3.8) is 0 Å². The van der Waals surface area contributed by atoms with Gasteiger partial charge in [0.1, 0.15) is 11.5 Å². The Morgan fingerprint density at radius 2 is 0.957 bits per heavy atom. The Morgan fingerprint density at radius 3 is 1.36 bits per heavy atom. The standard InChI is InChI=1S/C24H13F17O5S/c1-45-14-9-5-13(6-10-14)16(42)11-4-12-2-7-15(8-3-12)46-47(43,44)24(40,41)22(35,36)20(31,32)18(27,28)17(25,26)19(29,30)21(33,34)23(37,38)39/h2-11H,1H3/b11-4+. The van der Waals surface area contributed by atoms with E-state index >= 15 is 0 Å². The summed E-state index contributed by atoms with van der Waals surface area (Å²) in [7, 11) is -6.43. The molecule has 0 saturated heterocycles. The molecule has 0 aliphatic heterocycles. The lowest BCUT2D eigenvalue weighted by atomic mass is 9.91. The van der Waals surface area contributed by atoms with Crippen molar-refractivity contribution in [2.24, 2.45) is 0 Å². The van der Waals surface area contributed by atoms with E-state index in [-0.39, 0.29) is 11.1 Å². The molecule has 264 valence electrons. The predicted molar refractivity (Wildman–Crippen MR) is 123 cm³/mol. The van der Waals surface area contributed by atoms with Gasteiger partial charge in [0, 0.05) is 5.56 Å². The number of alkyl halides is 17. The van der Waals surface area contributed by atoms with Gasteiger partial charge < -0.3 is 8.92 Å². The first-order valence-corrected chi connectivity index (χ1v) is 12.9. The second-order valence-corrected chi connectivity index (χ2v) is 10.6. The number of halogens is 17. The van der Waals surface area contributed by atoms with Crippen LogP contribution in [0.1, 0.15) is 15.9 Å². The Kier molecular flexibility index (Phi) is 10.1. The smallest absolute Gasteiger partial charge is 0.460 e. The number of carbonyl (C=O) groups excluding carboxylic acids is 1. The normalized spacial score (nSPS) is 14.8. The van der Waals surface area contributed by atoms with E-state index < -0.39 is 68.6 Å². The first-order valence-electron chi connectivity index (χ1n) is 11.5. The van der Waals surface area contributed by atoms with Gasteiger partial charge >= 0.3 is 57.1 Å². The van der Waals surface area contributed by atoms with Crippen molar-refractivity contribution in [3.05, 3.63) is 65.7 Å². The summed E-state index contributed by atoms with van der Waals surface area (Å²) in [6.45, 7) is 0. The summed E-state index contributed by atoms with van der Waals surface area (Å²) in [6.07, 6.45) is -6.03. The maximum atomic E-state index is 14.2. The van der Waals surface area contributed by atoms with Crippen LogP contribution in [0.3, 0.4) is 0 Å². The van der Waals surface area contributed by atoms with Gasteiger partial charge in [0.25, 0.3) is 0 Å². The van der Waals surface area contributed by atoms with Crippen LogP contribution in [0.4, 0.5) is 74.6 Å². The highest BCUT2D eigenvalue weighted by molar-refractivity contribution is 7.88. The van der Waals surface area contributed by atoms with Crippen molar-refractivity contribution in [2.75, 3.05) is 7.11 Å². The highest BCUT2D eigenvalue weighted by Crippen LogP contribution is 2.64. The van der Waals surface area contributed by atoms with Crippen LogP contribution in [0.5, 0.6) is 11.5 Å². The van der Waals surface area contributed by atoms with Gasteiger partial charge in [-0.2, -0.15) is 83.1 Å². The highest BCUT2D eigenvalue weighted by Gasteiger charge is 2.96. The van der Waals surface area contributed by atoms with Crippen LogP contribution in [0, 0.1) is 0 Å². The SMILES string of the molecule is COc1ccc(C(=O)/C=C/c2ccc(OS(=O)(=O)C(F)(F)C(F)(F)C(F)(F)C(F)(F)C(F)(F)C(F)(F)C(F)(F)C(F)(F)F)cc2)cc1. The quantitative estimate of drug-likeness (QED) is 0.0897. The molecule has 0 N–H and O–H groups in total. The summed E-state index contributed by atoms with van der Waals surface area (Å²) in [5, 5.41) is -7.81. The lowest BCUT2D eigenvalue weighted by Gasteiger charge is -2.42. The number of hydrogen-bond acceptors (Lipinski definition) is 5. The lowest BCUT2D eigenvalue weighted by Crippen LogP contribution is -2.75. The van der Waals surface area contributed by atoms with Crippen LogP contribution >= 0.6 is 0 Å². The number of ketones is 1. The zero-order valence-electron chi connectivity index (χ0n) is 22.1. The zero-order valence-corrected chi connectivity index (χ0v) is 23.0. The number of carbonyl (C=O) groups is 1. The monoisotopic (exact) mass is 736 g/mol. The van der Waals surface area contributed by atoms with Crippen molar-refractivity contribution in [1.82, 2.24) is 0 Å². The number of ether oxygens (including phenoxy) is 1. The van der Waals surface area contributed by atoms with E-state index in [0.717, 1.165) is 12.2 Å². The molecule has 0 radical (unpaired) electrons. The van der Waals surface area contributed by atoms with Gasteiger partial charge in [-0.25, -0.2) is 0 Å². The van der Waals surface area contributed by atoms with Gasteiger partial charge in [-0.1, -0.05) is 18.2 Å². The van der Waals surface area contributed by atoms with E-state index in [4.69, 9.17) is 4.74 Å². The van der Waals surface area contributed by atoms with Crippen LogP contribution in [-0.4, -0.2) is 68.3 Å². The molecule has 0 amide bonds. The fourth-order valence-electron chi connectivity index (χ4n) is 3.14. The highest BCUT2D eigenvalue weighted by atomic mass is 32.2. The third-order valence-electron chi connectivity index (χ3n) is 5.89. The molecule has 0 aromatic heterocycles. The molecule has 5 nitrogen and oxygen atoms in total. The fourth-order valence-corrected chi connectivity index (χ4v) is 4.05. The van der Waals surface area contributed by atoms with Gasteiger partial charge in [0.05, 0.1) is 7.11 Å². The molecule has 2 rings (SSSR count). The average Bonchev–Trinajstić information content (AvgIpc) is 2.95. The Morgan fingerprint density at radius 1 is 0.574 bits per heavy atom. The number of methoxy groups -OCH3 is 1. The summed E-state index contributed by atoms with van der Waals surface area (Å²) in [5.74, 6) is -54.0. The largest absolute Gasteiger partial charge is 0.497 e. The first kappa shape index (κ1) is 39.4. The van der Waals surface area contributed by atoms with Gasteiger partial charge in [0.15, 0.2) is 5.78 Å². The van der Waals surface area contributed by atoms with Crippen molar-refractivity contribution < 1.29 is 96.8 Å². The van der Waals surface area contributed by atoms with E-state index in [1.54, 1.807) is 0 Å². The summed E-state index contributed by atoms with van der Waals surface area (Å²) in [6, 6.07) is 7.47. The predicted octanol–water partition coefficient (Wildman–Crippen LogP) is 8.27. The molecule has 2 aromatic carbocycles. The Balaban J connectivity index is 2.40. The Hall–Kier alpha value is -3.79. The average molecular weight is 736 g/mol. The summed E-state index contributed by atoms with van der Waals surface area (Å²) < 4.78 is 260. The van der Waals surface area contributed by atoms with Gasteiger partial charge in [-0.3, -0.25) is 4.79 Å². The third kappa shape index (κ3) is 6.28. The molecule has 0 bridgehead atoms. The molecule has 0 spiro atoms. The van der Waals surface area contributed by atoms with Crippen LogP contribution < -0.4 is 8.92 Å². The Bertz CT molecular complexity index is 1580. The molecular weight excluding hydrogens is 723 g/mol. The topological polar surface area (TPSA) is 69.7 Å². The van der Waals surface area contributed by atoms with Crippen LogP contribution in [-0.2, 0) is 10.1 Å². The number of hydrogen-bond donors (Lipinski definition) is 0. The Labute approximate surface area is 250 Å². The van der Waals surface area contributed by atoms with Crippen molar-refractivity contribution in [2.45, 2.75) is 47.0 Å². The molecule has 23 heteroatoms. The third-order valence-corrected chi connectivity index (χ3v) is 7.19. The molecule has 0 atom stereocenters. The maximum Gasteiger partial charge on any atom is 0.460 e. The summed E-state index contributed by atoms with van der Waals surface area (Å²) >= 11 is 0. The fraction of sp³-hybridized carbons (Fsp3) is 0.375. The summed E-state index contributed by atoms with van der Waals surface area (Å²) in [4.78, 5) is 12.2.